The maximum absolute atomic E-state index is 12.9. The lowest BCUT2D eigenvalue weighted by molar-refractivity contribution is 0.0984. The van der Waals surface area contributed by atoms with Crippen molar-refractivity contribution >= 4 is 34.8 Å². The van der Waals surface area contributed by atoms with E-state index in [2.05, 4.69) is 5.32 Å². The van der Waals surface area contributed by atoms with Crippen molar-refractivity contribution in [3.8, 4) is 0 Å². The lowest BCUT2D eigenvalue weighted by atomic mass is 9.98. The number of carbonyl (C=O) groups is 2. The summed E-state index contributed by atoms with van der Waals surface area (Å²) in [5.41, 5.74) is 3.66. The van der Waals surface area contributed by atoms with Gasteiger partial charge >= 0.3 is 0 Å². The van der Waals surface area contributed by atoms with Gasteiger partial charge in [0.1, 0.15) is 0 Å². The molecule has 1 aliphatic rings. The standard InChI is InChI=1S/C23H19ClN2O2/c24-19-10-4-5-11-20(19)25-22(27)18-12-13-21-17(15-18)9-6-14-26(21)23(28)16-7-2-1-3-8-16/h1-5,7-8,10-13,15H,6,9,14H2,(H,25,27). The van der Waals surface area contributed by atoms with Crippen LogP contribution in [0.1, 0.15) is 32.7 Å². The molecule has 0 spiro atoms. The highest BCUT2D eigenvalue weighted by molar-refractivity contribution is 6.33. The molecule has 4 nitrogen and oxygen atoms in total. The lowest BCUT2D eigenvalue weighted by Gasteiger charge is -2.30. The molecule has 0 saturated heterocycles. The summed E-state index contributed by atoms with van der Waals surface area (Å²) in [5, 5.41) is 3.34. The van der Waals surface area contributed by atoms with Gasteiger partial charge in [-0.3, -0.25) is 9.59 Å². The molecule has 3 aromatic carbocycles. The van der Waals surface area contributed by atoms with Crippen LogP contribution in [0, 0.1) is 0 Å². The average molecular weight is 391 g/mol. The number of nitrogens with one attached hydrogen (secondary N) is 1. The third kappa shape index (κ3) is 3.64. The van der Waals surface area contributed by atoms with Gasteiger partial charge in [-0.1, -0.05) is 41.9 Å². The first-order valence-corrected chi connectivity index (χ1v) is 9.57. The van der Waals surface area contributed by atoms with E-state index in [0.717, 1.165) is 24.1 Å². The van der Waals surface area contributed by atoms with Crippen LogP contribution in [0.25, 0.3) is 0 Å². The van der Waals surface area contributed by atoms with Crippen LogP contribution in [0.3, 0.4) is 0 Å². The summed E-state index contributed by atoms with van der Waals surface area (Å²) in [6, 6.07) is 21.9. The number of hydrogen-bond acceptors (Lipinski definition) is 2. The van der Waals surface area contributed by atoms with Gasteiger partial charge in [0.15, 0.2) is 0 Å². The summed E-state index contributed by atoms with van der Waals surface area (Å²) in [5.74, 6) is -0.239. The first-order valence-electron chi connectivity index (χ1n) is 9.19. The molecule has 140 valence electrons. The molecule has 2 amide bonds. The molecule has 1 N–H and O–H groups in total. The van der Waals surface area contributed by atoms with Gasteiger partial charge in [-0.2, -0.15) is 0 Å². The van der Waals surface area contributed by atoms with E-state index in [1.165, 1.54) is 0 Å². The largest absolute Gasteiger partial charge is 0.321 e. The van der Waals surface area contributed by atoms with Crippen LogP contribution in [0.2, 0.25) is 5.02 Å². The predicted molar refractivity (Wildman–Crippen MR) is 112 cm³/mol. The molecular weight excluding hydrogens is 372 g/mol. The van der Waals surface area contributed by atoms with E-state index >= 15 is 0 Å². The number of nitrogens with zero attached hydrogens (tertiary/aromatic N) is 1. The van der Waals surface area contributed by atoms with Gasteiger partial charge in [0, 0.05) is 23.4 Å². The summed E-state index contributed by atoms with van der Waals surface area (Å²) in [6.45, 7) is 0.673. The number of carbonyl (C=O) groups excluding carboxylic acids is 2. The molecule has 4 rings (SSSR count). The van der Waals surface area contributed by atoms with Gasteiger partial charge in [0.2, 0.25) is 0 Å². The Labute approximate surface area is 168 Å². The number of para-hydroxylation sites is 1. The van der Waals surface area contributed by atoms with E-state index in [-0.39, 0.29) is 11.8 Å². The minimum absolute atomic E-state index is 0.0187. The van der Waals surface area contributed by atoms with E-state index < -0.39 is 0 Å². The van der Waals surface area contributed by atoms with Gasteiger partial charge in [0.05, 0.1) is 10.7 Å². The van der Waals surface area contributed by atoms with Crippen LogP contribution in [0.4, 0.5) is 11.4 Å². The minimum atomic E-state index is -0.220. The van der Waals surface area contributed by atoms with E-state index in [4.69, 9.17) is 11.6 Å². The van der Waals surface area contributed by atoms with Crippen LogP contribution < -0.4 is 10.2 Å². The Bertz CT molecular complexity index is 1030. The second-order valence-corrected chi connectivity index (χ2v) is 7.11. The van der Waals surface area contributed by atoms with Crippen LogP contribution >= 0.6 is 11.6 Å². The average Bonchev–Trinajstić information content (AvgIpc) is 2.74. The van der Waals surface area contributed by atoms with Gasteiger partial charge in [-0.15, -0.1) is 0 Å². The Morgan fingerprint density at radius 3 is 2.43 bits per heavy atom. The molecule has 0 aliphatic carbocycles. The fourth-order valence-corrected chi connectivity index (χ4v) is 3.63. The number of rotatable bonds is 3. The Balaban J connectivity index is 1.59. The summed E-state index contributed by atoms with van der Waals surface area (Å²) in [7, 11) is 0. The molecule has 0 aromatic heterocycles. The number of aryl methyl sites for hydroxylation is 1. The molecule has 0 unspecified atom stereocenters. The van der Waals surface area contributed by atoms with E-state index in [1.54, 1.807) is 23.1 Å². The summed E-state index contributed by atoms with van der Waals surface area (Å²) >= 11 is 6.12. The van der Waals surface area contributed by atoms with Crippen molar-refractivity contribution in [2.45, 2.75) is 12.8 Å². The summed E-state index contributed by atoms with van der Waals surface area (Å²) < 4.78 is 0. The third-order valence-electron chi connectivity index (χ3n) is 4.85. The second kappa shape index (κ2) is 7.87. The number of benzene rings is 3. The van der Waals surface area contributed by atoms with Crippen molar-refractivity contribution < 1.29 is 9.59 Å². The first kappa shape index (κ1) is 18.3. The molecule has 0 atom stereocenters. The zero-order valence-corrected chi connectivity index (χ0v) is 15.9. The van der Waals surface area contributed by atoms with Gasteiger partial charge < -0.3 is 10.2 Å². The lowest BCUT2D eigenvalue weighted by Crippen LogP contribution is -2.35. The quantitative estimate of drug-likeness (QED) is 0.669. The monoisotopic (exact) mass is 390 g/mol. The molecule has 1 aliphatic heterocycles. The number of fused-ring (bicyclic) bond motifs is 1. The first-order chi connectivity index (χ1) is 13.6. The topological polar surface area (TPSA) is 49.4 Å². The molecule has 5 heteroatoms. The minimum Gasteiger partial charge on any atom is -0.321 e. The predicted octanol–water partition coefficient (Wildman–Crippen LogP) is 5.19. The Kier molecular flexibility index (Phi) is 5.13. The molecule has 0 fully saturated rings. The van der Waals surface area contributed by atoms with Crippen molar-refractivity contribution in [1.82, 2.24) is 0 Å². The van der Waals surface area contributed by atoms with E-state index in [9.17, 15) is 9.59 Å². The van der Waals surface area contributed by atoms with E-state index in [0.29, 0.717) is 28.4 Å². The zero-order chi connectivity index (χ0) is 19.5. The number of halogens is 1. The van der Waals surface area contributed by atoms with E-state index in [1.807, 2.05) is 54.6 Å². The Morgan fingerprint density at radius 2 is 1.64 bits per heavy atom. The zero-order valence-electron chi connectivity index (χ0n) is 15.2. The number of amides is 2. The highest BCUT2D eigenvalue weighted by atomic mass is 35.5. The normalized spacial score (nSPS) is 13.0. The summed E-state index contributed by atoms with van der Waals surface area (Å²) in [6.07, 6.45) is 1.70. The Hall–Kier alpha value is -3.11. The fraction of sp³-hybridized carbons (Fsp3) is 0.130. The molecule has 0 saturated carbocycles. The van der Waals surface area contributed by atoms with Crippen molar-refractivity contribution in [2.75, 3.05) is 16.8 Å². The fourth-order valence-electron chi connectivity index (χ4n) is 3.44. The van der Waals surface area contributed by atoms with Crippen LogP contribution in [-0.2, 0) is 6.42 Å². The SMILES string of the molecule is O=C(Nc1ccccc1Cl)c1ccc2c(c1)CCCN2C(=O)c1ccccc1. The molecule has 28 heavy (non-hydrogen) atoms. The molecule has 1 heterocycles. The number of anilines is 2. The number of hydrogen-bond donors (Lipinski definition) is 1. The maximum Gasteiger partial charge on any atom is 0.258 e. The maximum atomic E-state index is 12.9. The van der Waals surface area contributed by atoms with Crippen LogP contribution in [-0.4, -0.2) is 18.4 Å². The Morgan fingerprint density at radius 1 is 0.893 bits per heavy atom. The highest BCUT2D eigenvalue weighted by Crippen LogP contribution is 2.30. The van der Waals surface area contributed by atoms with Crippen LogP contribution in [0.5, 0.6) is 0 Å². The molecule has 0 radical (unpaired) electrons. The smallest absolute Gasteiger partial charge is 0.258 e. The van der Waals surface area contributed by atoms with Gasteiger partial charge in [-0.25, -0.2) is 0 Å². The highest BCUT2D eigenvalue weighted by Gasteiger charge is 2.24. The molecule has 0 bridgehead atoms. The van der Waals surface area contributed by atoms with Crippen molar-refractivity contribution in [2.24, 2.45) is 0 Å². The molecule has 3 aromatic rings. The van der Waals surface area contributed by atoms with Crippen molar-refractivity contribution in [3.05, 3.63) is 94.5 Å². The molecular formula is C23H19ClN2O2. The summed E-state index contributed by atoms with van der Waals surface area (Å²) in [4.78, 5) is 27.3. The van der Waals surface area contributed by atoms with Crippen molar-refractivity contribution in [3.63, 3.8) is 0 Å². The second-order valence-electron chi connectivity index (χ2n) is 6.70. The van der Waals surface area contributed by atoms with Gasteiger partial charge in [-0.05, 0) is 60.9 Å². The van der Waals surface area contributed by atoms with Crippen LogP contribution in [0.15, 0.2) is 72.8 Å². The van der Waals surface area contributed by atoms with Crippen molar-refractivity contribution in [1.29, 1.82) is 0 Å². The van der Waals surface area contributed by atoms with Gasteiger partial charge in [0.25, 0.3) is 11.8 Å². The third-order valence-corrected chi connectivity index (χ3v) is 5.18.